The fraction of sp³-hybridized carbons (Fsp3) is 0.643. The monoisotopic (exact) mass is 472 g/mol. The minimum absolute atomic E-state index is 0.0751. The van der Waals surface area contributed by atoms with E-state index in [1.54, 1.807) is 0 Å². The number of hydrogen-bond donors (Lipinski definition) is 1. The van der Waals surface area contributed by atoms with E-state index in [9.17, 15) is 31.2 Å². The molecule has 0 saturated carbocycles. The van der Waals surface area contributed by atoms with E-state index in [1.807, 2.05) is 4.98 Å². The number of carbonyl (C=O) groups excluding carboxylic acids is 1. The van der Waals surface area contributed by atoms with E-state index in [4.69, 9.17) is 17.8 Å². The Balaban J connectivity index is 2.55. The van der Waals surface area contributed by atoms with Crippen LogP contribution in [0.1, 0.15) is 11.8 Å². The summed E-state index contributed by atoms with van der Waals surface area (Å²) in [5, 5.41) is 0. The molecule has 0 amide bonds. The molecular weight excluding hydrogens is 452 g/mol. The molecule has 14 nitrogen and oxygen atoms in total. The van der Waals surface area contributed by atoms with Crippen molar-refractivity contribution in [2.24, 2.45) is 0 Å². The highest BCUT2D eigenvalue weighted by molar-refractivity contribution is 7.86. The molecule has 1 aromatic heterocycles. The van der Waals surface area contributed by atoms with Crippen molar-refractivity contribution in [3.8, 4) is 0 Å². The third kappa shape index (κ3) is 6.11. The van der Waals surface area contributed by atoms with Crippen molar-refractivity contribution in [2.45, 2.75) is 31.5 Å². The maximum absolute atomic E-state index is 12.3. The first kappa shape index (κ1) is 24.0. The van der Waals surface area contributed by atoms with Crippen LogP contribution in [0.3, 0.4) is 0 Å². The highest BCUT2D eigenvalue weighted by Gasteiger charge is 2.51. The number of rotatable bonds is 7. The van der Waals surface area contributed by atoms with Crippen LogP contribution in [0.2, 0.25) is 0 Å². The van der Waals surface area contributed by atoms with Crippen LogP contribution in [0.25, 0.3) is 0 Å². The normalized spacial score (nSPS) is 24.5. The van der Waals surface area contributed by atoms with Gasteiger partial charge in [0.25, 0.3) is 25.8 Å². The number of nitrogens with one attached hydrogen (secondary N) is 1. The van der Waals surface area contributed by atoms with E-state index in [2.05, 4.69) is 4.74 Å². The Labute approximate surface area is 170 Å². The summed E-state index contributed by atoms with van der Waals surface area (Å²) >= 11 is 0. The van der Waals surface area contributed by atoms with Gasteiger partial charge in [0.1, 0.15) is 18.8 Å². The van der Waals surface area contributed by atoms with Gasteiger partial charge in [0, 0.05) is 11.8 Å². The first-order valence-electron chi connectivity index (χ1n) is 8.16. The van der Waals surface area contributed by atoms with Crippen molar-refractivity contribution in [2.75, 3.05) is 26.2 Å². The number of carbonyl (C=O) groups is 1. The predicted molar refractivity (Wildman–Crippen MR) is 97.8 cm³/mol. The van der Waals surface area contributed by atoms with Crippen molar-refractivity contribution >= 4 is 26.4 Å². The molecule has 30 heavy (non-hydrogen) atoms. The first-order chi connectivity index (χ1) is 13.7. The van der Waals surface area contributed by atoms with E-state index >= 15 is 0 Å². The minimum atomic E-state index is -4.20. The molecule has 0 aromatic carbocycles. The Bertz CT molecular complexity index is 1120. The topological polar surface area (TPSA) is 186 Å². The van der Waals surface area contributed by atoms with Crippen LogP contribution < -0.4 is 11.2 Å². The van der Waals surface area contributed by atoms with Crippen LogP contribution in [0, 0.1) is 6.92 Å². The summed E-state index contributed by atoms with van der Waals surface area (Å²) in [7, 11) is -7.35. The molecule has 1 saturated heterocycles. The van der Waals surface area contributed by atoms with Crippen LogP contribution in [0.4, 0.5) is 4.79 Å². The van der Waals surface area contributed by atoms with E-state index < -0.39 is 68.8 Å². The number of aromatic amines is 1. The molecule has 0 radical (unpaired) electrons. The molecule has 1 aromatic rings. The number of methoxy groups -OCH3 is 1. The average molecular weight is 472 g/mol. The molecule has 2 heterocycles. The zero-order valence-corrected chi connectivity index (χ0v) is 17.9. The number of nitrogens with zero attached hydrogens (tertiary/aromatic N) is 1. The zero-order chi connectivity index (χ0) is 22.9. The second-order valence-electron chi connectivity index (χ2n) is 6.34. The Hall–Kier alpha value is -2.27. The number of aromatic nitrogens is 2. The second-order valence-corrected chi connectivity index (χ2v) is 9.54. The van der Waals surface area contributed by atoms with Crippen molar-refractivity contribution in [3.63, 3.8) is 0 Å². The van der Waals surface area contributed by atoms with Crippen molar-refractivity contribution in [1.82, 2.24) is 9.55 Å². The standard InChI is InChI=1S/C14H20N2O12S2/c1-7-5-16(13(18)15-11(7)17)12-10(28-30(4,22)23)9(27-29(3,20)21)8(26-12)6-25-14(19)24-2/h5,8-10,12H,6H2,1-4H3,(H,15,17,18)/t8-,9+,10-,12-/m1/s1. The van der Waals surface area contributed by atoms with Crippen molar-refractivity contribution in [1.29, 1.82) is 0 Å². The summed E-state index contributed by atoms with van der Waals surface area (Å²) in [6, 6.07) is 0. The molecular formula is C14H20N2O12S2. The van der Waals surface area contributed by atoms with Gasteiger partial charge in [-0.15, -0.1) is 0 Å². The van der Waals surface area contributed by atoms with Gasteiger partial charge in [-0.25, -0.2) is 9.59 Å². The lowest BCUT2D eigenvalue weighted by atomic mass is 10.1. The largest absolute Gasteiger partial charge is 0.508 e. The number of hydrogen-bond acceptors (Lipinski definition) is 12. The third-order valence-electron chi connectivity index (χ3n) is 3.81. The smallest absolute Gasteiger partial charge is 0.438 e. The van der Waals surface area contributed by atoms with Gasteiger partial charge >= 0.3 is 11.8 Å². The van der Waals surface area contributed by atoms with Gasteiger partial charge in [0.2, 0.25) is 0 Å². The molecule has 2 rings (SSSR count). The third-order valence-corrected chi connectivity index (χ3v) is 4.95. The molecule has 0 bridgehead atoms. The van der Waals surface area contributed by atoms with Crippen molar-refractivity contribution < 1.29 is 44.2 Å². The fourth-order valence-corrected chi connectivity index (χ4v) is 3.92. The van der Waals surface area contributed by atoms with Crippen LogP contribution in [0.5, 0.6) is 0 Å². The fourth-order valence-electron chi connectivity index (χ4n) is 2.67. The number of aryl methyl sites for hydroxylation is 1. The summed E-state index contributed by atoms with van der Waals surface area (Å²) in [5.74, 6) is 0. The summed E-state index contributed by atoms with van der Waals surface area (Å²) in [6.07, 6.45) is -4.92. The zero-order valence-electron chi connectivity index (χ0n) is 16.3. The van der Waals surface area contributed by atoms with E-state index in [-0.39, 0.29) is 5.56 Å². The van der Waals surface area contributed by atoms with Gasteiger partial charge in [-0.3, -0.25) is 22.7 Å². The van der Waals surface area contributed by atoms with Crippen LogP contribution in [-0.2, 0) is 42.8 Å². The van der Waals surface area contributed by atoms with Crippen LogP contribution in [0.15, 0.2) is 15.8 Å². The first-order valence-corrected chi connectivity index (χ1v) is 11.8. The number of ether oxygens (including phenoxy) is 3. The molecule has 1 N–H and O–H groups in total. The maximum Gasteiger partial charge on any atom is 0.508 e. The Morgan fingerprint density at radius 3 is 2.23 bits per heavy atom. The molecule has 1 aliphatic heterocycles. The van der Waals surface area contributed by atoms with Gasteiger partial charge in [-0.1, -0.05) is 0 Å². The Morgan fingerprint density at radius 2 is 1.70 bits per heavy atom. The average Bonchev–Trinajstić information content (AvgIpc) is 2.90. The van der Waals surface area contributed by atoms with Crippen LogP contribution >= 0.6 is 0 Å². The highest BCUT2D eigenvalue weighted by atomic mass is 32.2. The quantitative estimate of drug-likeness (QED) is 0.347. The molecule has 0 unspecified atom stereocenters. The van der Waals surface area contributed by atoms with Gasteiger partial charge in [-0.2, -0.15) is 16.8 Å². The van der Waals surface area contributed by atoms with Gasteiger partial charge in [-0.05, 0) is 6.92 Å². The maximum atomic E-state index is 12.3. The SMILES string of the molecule is COC(=O)OC[C@H]1O[C@@H](n2cc(C)c(=O)[nH]c2=O)[C@H](OS(C)(=O)=O)[C@H]1OS(C)(=O)=O. The lowest BCUT2D eigenvalue weighted by molar-refractivity contribution is -0.0589. The van der Waals surface area contributed by atoms with Crippen LogP contribution in [-0.4, -0.2) is 77.1 Å². The minimum Gasteiger partial charge on any atom is -0.438 e. The van der Waals surface area contributed by atoms with E-state index in [0.29, 0.717) is 12.5 Å². The lowest BCUT2D eigenvalue weighted by Gasteiger charge is -2.23. The summed E-state index contributed by atoms with van der Waals surface area (Å²) in [6.45, 7) is 0.753. The summed E-state index contributed by atoms with van der Waals surface area (Å²) in [4.78, 5) is 37.2. The van der Waals surface area contributed by atoms with E-state index in [1.165, 1.54) is 6.92 Å². The highest BCUT2D eigenvalue weighted by Crippen LogP contribution is 2.35. The van der Waals surface area contributed by atoms with Gasteiger partial charge in [0.05, 0.1) is 19.6 Å². The Morgan fingerprint density at radius 1 is 1.13 bits per heavy atom. The van der Waals surface area contributed by atoms with Gasteiger partial charge < -0.3 is 14.2 Å². The summed E-state index contributed by atoms with van der Waals surface area (Å²) < 4.78 is 72.3. The lowest BCUT2D eigenvalue weighted by Crippen LogP contribution is -2.43. The molecule has 4 atom stereocenters. The van der Waals surface area contributed by atoms with Crippen molar-refractivity contribution in [3.05, 3.63) is 32.6 Å². The predicted octanol–water partition coefficient (Wildman–Crippen LogP) is -1.78. The molecule has 16 heteroatoms. The summed E-state index contributed by atoms with van der Waals surface area (Å²) in [5.41, 5.74) is -1.60. The second kappa shape index (κ2) is 8.84. The molecule has 170 valence electrons. The Kier molecular flexibility index (Phi) is 7.08. The molecule has 0 spiro atoms. The number of H-pyrrole nitrogens is 1. The molecule has 1 aliphatic rings. The van der Waals surface area contributed by atoms with E-state index in [0.717, 1.165) is 17.9 Å². The molecule has 0 aliphatic carbocycles. The molecule has 1 fully saturated rings. The van der Waals surface area contributed by atoms with Gasteiger partial charge in [0.15, 0.2) is 12.3 Å².